The minimum Gasteiger partial charge on any atom is -0.489 e. The van der Waals surface area contributed by atoms with Crippen LogP contribution in [0.1, 0.15) is 0 Å². The zero-order valence-electron chi connectivity index (χ0n) is 19.1. The summed E-state index contributed by atoms with van der Waals surface area (Å²) in [5, 5.41) is 11.6. The molecule has 0 spiro atoms. The fourth-order valence-electron chi connectivity index (χ4n) is 4.73. The van der Waals surface area contributed by atoms with Crippen molar-refractivity contribution in [3.63, 3.8) is 0 Å². The van der Waals surface area contributed by atoms with Crippen molar-refractivity contribution in [3.8, 4) is 17.2 Å². The van der Waals surface area contributed by atoms with Gasteiger partial charge in [0.2, 0.25) is 0 Å². The second-order valence-electron chi connectivity index (χ2n) is 8.74. The molecule has 0 aliphatic carbocycles. The first-order valence-corrected chi connectivity index (χ1v) is 11.6. The van der Waals surface area contributed by atoms with Crippen molar-refractivity contribution in [3.05, 3.63) is 67.1 Å². The van der Waals surface area contributed by atoms with Crippen LogP contribution in [0, 0.1) is 5.82 Å². The van der Waals surface area contributed by atoms with Gasteiger partial charge in [0.25, 0.3) is 0 Å². The average molecular weight is 484 g/mol. The monoisotopic (exact) mass is 484 g/mol. The molecule has 1 saturated heterocycles. The summed E-state index contributed by atoms with van der Waals surface area (Å²) in [6, 6.07) is 12.4. The first-order chi connectivity index (χ1) is 17.7. The van der Waals surface area contributed by atoms with Crippen LogP contribution in [0.4, 0.5) is 21.6 Å². The Hall–Kier alpha value is -4.51. The number of piperazine rings is 1. The molecule has 2 aliphatic heterocycles. The number of anilines is 3. The predicted octanol–water partition coefficient (Wildman–Crippen LogP) is 3.52. The van der Waals surface area contributed by atoms with Crippen LogP contribution in [0.3, 0.4) is 0 Å². The molecule has 2 N–H and O–H groups in total. The standard InChI is InChI=1S/C25H21FN8O2/c26-18-9-15(1-4-21(18)36-17-5-7-34-22(10-17)29-14-31-34)32-25-23-19(28-13-30-25)2-3-20-24(23)35-12-16-11-33(20)8-6-27-16/h1-5,7,9-10,13-14,16,27H,6,8,11-12H2,(H,28,30,32)/t16-/m1/s1. The number of ether oxygens (including phenoxy) is 2. The number of rotatable bonds is 4. The summed E-state index contributed by atoms with van der Waals surface area (Å²) in [6.07, 6.45) is 4.64. The van der Waals surface area contributed by atoms with E-state index >= 15 is 4.39 Å². The topological polar surface area (TPSA) is 102 Å². The van der Waals surface area contributed by atoms with Gasteiger partial charge in [0.05, 0.1) is 22.6 Å². The number of fused-ring (bicyclic) bond motifs is 7. The van der Waals surface area contributed by atoms with Crippen molar-refractivity contribution in [2.75, 3.05) is 36.5 Å². The molecule has 180 valence electrons. The van der Waals surface area contributed by atoms with Crippen LogP contribution in [0.25, 0.3) is 16.6 Å². The molecule has 1 fully saturated rings. The maximum Gasteiger partial charge on any atom is 0.167 e. The lowest BCUT2D eigenvalue weighted by molar-refractivity contribution is 0.273. The first-order valence-electron chi connectivity index (χ1n) is 11.6. The van der Waals surface area contributed by atoms with Crippen LogP contribution in [-0.2, 0) is 0 Å². The first kappa shape index (κ1) is 20.8. The molecule has 2 bridgehead atoms. The van der Waals surface area contributed by atoms with Crippen LogP contribution in [0.15, 0.2) is 61.3 Å². The molecule has 2 aliphatic rings. The summed E-state index contributed by atoms with van der Waals surface area (Å²) in [5.74, 6) is 1.34. The van der Waals surface area contributed by atoms with E-state index in [0.717, 1.165) is 42.0 Å². The Bertz CT molecular complexity index is 1610. The third-order valence-electron chi connectivity index (χ3n) is 6.43. The number of nitrogens with one attached hydrogen (secondary N) is 2. The number of pyridine rings is 1. The smallest absolute Gasteiger partial charge is 0.167 e. The van der Waals surface area contributed by atoms with E-state index in [0.29, 0.717) is 29.5 Å². The molecule has 0 saturated carbocycles. The molecule has 0 unspecified atom stereocenters. The highest BCUT2D eigenvalue weighted by atomic mass is 19.1. The number of hydrogen-bond donors (Lipinski definition) is 2. The van der Waals surface area contributed by atoms with E-state index in [1.807, 2.05) is 12.1 Å². The van der Waals surface area contributed by atoms with Gasteiger partial charge in [0.1, 0.15) is 30.8 Å². The average Bonchev–Trinajstić information content (AvgIpc) is 3.32. The van der Waals surface area contributed by atoms with Crippen molar-refractivity contribution in [2.45, 2.75) is 6.04 Å². The van der Waals surface area contributed by atoms with Crippen molar-refractivity contribution < 1.29 is 13.9 Å². The zero-order valence-corrected chi connectivity index (χ0v) is 19.1. The minimum atomic E-state index is -0.513. The largest absolute Gasteiger partial charge is 0.489 e. The van der Waals surface area contributed by atoms with Gasteiger partial charge in [-0.15, -0.1) is 0 Å². The van der Waals surface area contributed by atoms with Crippen molar-refractivity contribution in [2.24, 2.45) is 0 Å². The van der Waals surface area contributed by atoms with Crippen LogP contribution >= 0.6 is 0 Å². The molecular formula is C25H21FN8O2. The lowest BCUT2D eigenvalue weighted by Crippen LogP contribution is -2.51. The SMILES string of the molecule is Fc1cc(Nc2ncnc3ccc4c(c23)OC[C@H]2CN4CCN2)ccc1Oc1ccn2ncnc2c1. The summed E-state index contributed by atoms with van der Waals surface area (Å²) in [4.78, 5) is 15.3. The molecular weight excluding hydrogens is 463 g/mol. The summed E-state index contributed by atoms with van der Waals surface area (Å²) in [6.45, 7) is 3.23. The van der Waals surface area contributed by atoms with E-state index in [1.54, 1.807) is 35.0 Å². The molecule has 0 amide bonds. The van der Waals surface area contributed by atoms with Gasteiger partial charge in [-0.3, -0.25) is 0 Å². The molecule has 3 aromatic heterocycles. The number of benzene rings is 2. The van der Waals surface area contributed by atoms with Crippen LogP contribution in [0.5, 0.6) is 17.2 Å². The Labute approximate surface area is 204 Å². The Morgan fingerprint density at radius 2 is 2.06 bits per heavy atom. The fraction of sp³-hybridized carbons (Fsp3) is 0.200. The predicted molar refractivity (Wildman–Crippen MR) is 132 cm³/mol. The van der Waals surface area contributed by atoms with E-state index in [1.165, 1.54) is 18.7 Å². The van der Waals surface area contributed by atoms with Crippen molar-refractivity contribution in [1.82, 2.24) is 29.9 Å². The van der Waals surface area contributed by atoms with E-state index < -0.39 is 5.82 Å². The Morgan fingerprint density at radius 3 is 3.00 bits per heavy atom. The van der Waals surface area contributed by atoms with E-state index in [9.17, 15) is 0 Å². The highest BCUT2D eigenvalue weighted by molar-refractivity contribution is 6.00. The quantitative estimate of drug-likeness (QED) is 0.397. The molecule has 11 heteroatoms. The van der Waals surface area contributed by atoms with Gasteiger partial charge in [-0.2, -0.15) is 5.10 Å². The maximum absolute atomic E-state index is 15.0. The molecule has 36 heavy (non-hydrogen) atoms. The van der Waals surface area contributed by atoms with Gasteiger partial charge in [0.15, 0.2) is 23.0 Å². The third kappa shape index (κ3) is 3.60. The highest BCUT2D eigenvalue weighted by Crippen LogP contribution is 2.41. The molecule has 0 radical (unpaired) electrons. The second kappa shape index (κ2) is 8.31. The van der Waals surface area contributed by atoms with Crippen molar-refractivity contribution >= 4 is 33.7 Å². The summed E-state index contributed by atoms with van der Waals surface area (Å²) < 4.78 is 28.6. The zero-order chi connectivity index (χ0) is 24.1. The molecule has 5 heterocycles. The molecule has 1 atom stereocenters. The van der Waals surface area contributed by atoms with Gasteiger partial charge in [-0.05, 0) is 30.3 Å². The Balaban J connectivity index is 1.21. The fourth-order valence-corrected chi connectivity index (χ4v) is 4.73. The van der Waals surface area contributed by atoms with Crippen LogP contribution < -0.4 is 25.0 Å². The van der Waals surface area contributed by atoms with Gasteiger partial charge in [0, 0.05) is 43.7 Å². The number of hydrogen-bond acceptors (Lipinski definition) is 9. The van der Waals surface area contributed by atoms with E-state index in [-0.39, 0.29) is 11.8 Å². The number of nitrogens with zero attached hydrogens (tertiary/aromatic N) is 6. The molecule has 10 nitrogen and oxygen atoms in total. The van der Waals surface area contributed by atoms with Gasteiger partial charge in [-0.1, -0.05) is 0 Å². The molecule has 7 rings (SSSR count). The second-order valence-corrected chi connectivity index (χ2v) is 8.74. The van der Waals surface area contributed by atoms with E-state index in [2.05, 4.69) is 35.6 Å². The summed E-state index contributed by atoms with van der Waals surface area (Å²) >= 11 is 0. The molecule has 2 aromatic carbocycles. The Morgan fingerprint density at radius 1 is 1.08 bits per heavy atom. The summed E-state index contributed by atoms with van der Waals surface area (Å²) in [5.41, 5.74) is 2.91. The van der Waals surface area contributed by atoms with Gasteiger partial charge in [-0.25, -0.2) is 23.9 Å². The lowest BCUT2D eigenvalue weighted by atomic mass is 10.1. The van der Waals surface area contributed by atoms with Gasteiger partial charge < -0.3 is 25.0 Å². The normalized spacial score (nSPS) is 16.9. The Kier molecular flexibility index (Phi) is 4.81. The van der Waals surface area contributed by atoms with Crippen molar-refractivity contribution in [1.29, 1.82) is 0 Å². The van der Waals surface area contributed by atoms with Crippen LogP contribution in [-0.4, -0.2) is 56.8 Å². The third-order valence-corrected chi connectivity index (χ3v) is 6.43. The van der Waals surface area contributed by atoms with Gasteiger partial charge >= 0.3 is 0 Å². The lowest BCUT2D eigenvalue weighted by Gasteiger charge is -2.32. The molecule has 5 aromatic rings. The van der Waals surface area contributed by atoms with E-state index in [4.69, 9.17) is 9.47 Å². The number of halogens is 1. The highest BCUT2D eigenvalue weighted by Gasteiger charge is 2.28. The number of aromatic nitrogens is 5. The minimum absolute atomic E-state index is 0.0988. The maximum atomic E-state index is 15.0. The van der Waals surface area contributed by atoms with Crippen LogP contribution in [0.2, 0.25) is 0 Å². The summed E-state index contributed by atoms with van der Waals surface area (Å²) in [7, 11) is 0.